The van der Waals surface area contributed by atoms with Gasteiger partial charge in [0.15, 0.2) is 17.4 Å². The number of nitrogen functional groups attached to an aromatic ring is 1. The number of nitrogens with two attached hydrogens (primary N) is 1. The molecule has 0 spiro atoms. The van der Waals surface area contributed by atoms with Crippen LogP contribution >= 0.6 is 0 Å². The van der Waals surface area contributed by atoms with Crippen LogP contribution in [-0.2, 0) is 4.74 Å². The normalized spacial score (nSPS) is 29.6. The summed E-state index contributed by atoms with van der Waals surface area (Å²) in [6.07, 6.45) is -1.71. The Morgan fingerprint density at radius 1 is 1.58 bits per heavy atom. The largest absolute Gasteiger partial charge is 0.479 e. The van der Waals surface area contributed by atoms with E-state index in [1.165, 1.54) is 24.9 Å². The van der Waals surface area contributed by atoms with Crippen molar-refractivity contribution in [2.24, 2.45) is 5.11 Å². The lowest BCUT2D eigenvalue weighted by molar-refractivity contribution is -0.0455. The Labute approximate surface area is 135 Å². The molecule has 2 aromatic heterocycles. The molecule has 0 aliphatic carbocycles. The first-order valence-electron chi connectivity index (χ1n) is 7.01. The van der Waals surface area contributed by atoms with Crippen LogP contribution in [0.3, 0.4) is 0 Å². The molecular formula is C12H16N8O4. The number of hydrogen-bond donors (Lipinski definition) is 3. The molecule has 3 rings (SSSR count). The zero-order valence-corrected chi connectivity index (χ0v) is 12.9. The number of imidazole rings is 1. The van der Waals surface area contributed by atoms with E-state index >= 15 is 0 Å². The molecule has 4 N–H and O–H groups in total. The van der Waals surface area contributed by atoms with E-state index in [2.05, 4.69) is 25.0 Å². The average molecular weight is 336 g/mol. The van der Waals surface area contributed by atoms with Gasteiger partial charge >= 0.3 is 0 Å². The van der Waals surface area contributed by atoms with E-state index < -0.39 is 30.6 Å². The van der Waals surface area contributed by atoms with Crippen LogP contribution in [0.4, 0.5) is 5.95 Å². The van der Waals surface area contributed by atoms with Crippen LogP contribution in [-0.4, -0.2) is 61.2 Å². The Morgan fingerprint density at radius 2 is 2.33 bits per heavy atom. The highest BCUT2D eigenvalue weighted by atomic mass is 16.5. The second-order valence-electron chi connectivity index (χ2n) is 5.48. The van der Waals surface area contributed by atoms with Crippen molar-refractivity contribution >= 4 is 17.1 Å². The quantitative estimate of drug-likeness (QED) is 0.388. The van der Waals surface area contributed by atoms with Crippen molar-refractivity contribution in [3.63, 3.8) is 0 Å². The van der Waals surface area contributed by atoms with Crippen LogP contribution in [0.15, 0.2) is 11.4 Å². The smallest absolute Gasteiger partial charge is 0.246 e. The van der Waals surface area contributed by atoms with Crippen molar-refractivity contribution in [1.82, 2.24) is 19.5 Å². The lowest BCUT2D eigenvalue weighted by Gasteiger charge is -2.27. The summed E-state index contributed by atoms with van der Waals surface area (Å²) >= 11 is 0. The fourth-order valence-electron chi connectivity index (χ4n) is 2.82. The molecule has 1 aliphatic heterocycles. The summed E-state index contributed by atoms with van der Waals surface area (Å²) in [7, 11) is 1.42. The topological polar surface area (TPSA) is 177 Å². The van der Waals surface area contributed by atoms with E-state index in [9.17, 15) is 10.2 Å². The standard InChI is InChI=1S/C12H16N8O4/c1-12(18-19-14)7(22)5(3-21)24-10(12)20-4-15-6-8(20)16-11(13)17-9(6)23-2/h4-5,7,10,21-22H,3H2,1-2H3,(H2,13,16,17). The molecule has 0 bridgehead atoms. The van der Waals surface area contributed by atoms with Crippen molar-refractivity contribution in [3.05, 3.63) is 16.8 Å². The van der Waals surface area contributed by atoms with Gasteiger partial charge in [0.2, 0.25) is 11.8 Å². The van der Waals surface area contributed by atoms with E-state index in [0.717, 1.165) is 0 Å². The second kappa shape index (κ2) is 5.76. The predicted molar refractivity (Wildman–Crippen MR) is 80.8 cm³/mol. The maximum atomic E-state index is 10.4. The molecular weight excluding hydrogens is 320 g/mol. The molecule has 12 heteroatoms. The highest BCUT2D eigenvalue weighted by Crippen LogP contribution is 2.42. The Balaban J connectivity index is 2.19. The summed E-state index contributed by atoms with van der Waals surface area (Å²) in [6, 6.07) is 0. The van der Waals surface area contributed by atoms with Crippen LogP contribution < -0.4 is 10.5 Å². The van der Waals surface area contributed by atoms with Gasteiger partial charge in [-0.2, -0.15) is 9.97 Å². The van der Waals surface area contributed by atoms with Crippen molar-refractivity contribution in [2.45, 2.75) is 30.9 Å². The molecule has 0 aromatic carbocycles. The summed E-state index contributed by atoms with van der Waals surface area (Å²) in [5.74, 6) is 0.142. The Morgan fingerprint density at radius 3 is 2.96 bits per heavy atom. The van der Waals surface area contributed by atoms with E-state index in [4.69, 9.17) is 20.7 Å². The summed E-state index contributed by atoms with van der Waals surface area (Å²) in [5.41, 5.74) is 13.8. The first kappa shape index (κ1) is 16.2. The molecule has 128 valence electrons. The van der Waals surface area contributed by atoms with Crippen molar-refractivity contribution in [1.29, 1.82) is 0 Å². The number of aliphatic hydroxyl groups excluding tert-OH is 2. The third kappa shape index (κ3) is 2.20. The number of methoxy groups -OCH3 is 1. The highest BCUT2D eigenvalue weighted by Gasteiger charge is 2.54. The van der Waals surface area contributed by atoms with Gasteiger partial charge in [-0.15, -0.1) is 0 Å². The molecule has 4 unspecified atom stereocenters. The minimum Gasteiger partial charge on any atom is -0.479 e. The second-order valence-corrected chi connectivity index (χ2v) is 5.48. The molecule has 12 nitrogen and oxygen atoms in total. The number of azide groups is 1. The molecule has 24 heavy (non-hydrogen) atoms. The zero-order valence-electron chi connectivity index (χ0n) is 12.9. The number of rotatable bonds is 4. The van der Waals surface area contributed by atoms with Crippen molar-refractivity contribution < 1.29 is 19.7 Å². The number of fused-ring (bicyclic) bond motifs is 1. The van der Waals surface area contributed by atoms with Gasteiger partial charge in [-0.05, 0) is 12.5 Å². The fraction of sp³-hybridized carbons (Fsp3) is 0.583. The SMILES string of the molecule is COc1nc(N)nc2c1ncn2C1OC(CO)C(O)C1(C)N=[N+]=[N-]. The Kier molecular flexibility index (Phi) is 3.89. The van der Waals surface area contributed by atoms with Gasteiger partial charge in [0.05, 0.1) is 26.1 Å². The first-order chi connectivity index (χ1) is 11.5. The molecule has 4 atom stereocenters. The molecule has 0 amide bonds. The van der Waals surface area contributed by atoms with Crippen LogP contribution in [0.5, 0.6) is 5.88 Å². The molecule has 1 saturated heterocycles. The number of anilines is 1. The molecule has 0 radical (unpaired) electrons. The van der Waals surface area contributed by atoms with E-state index in [1.807, 2.05) is 0 Å². The molecule has 0 saturated carbocycles. The average Bonchev–Trinajstić information content (AvgIpc) is 3.07. The third-order valence-electron chi connectivity index (χ3n) is 4.05. The van der Waals surface area contributed by atoms with Crippen LogP contribution in [0.1, 0.15) is 13.2 Å². The van der Waals surface area contributed by atoms with E-state index in [1.54, 1.807) is 0 Å². The highest BCUT2D eigenvalue weighted by molar-refractivity contribution is 5.77. The molecule has 1 aliphatic rings. The van der Waals surface area contributed by atoms with Crippen molar-refractivity contribution in [2.75, 3.05) is 19.5 Å². The Bertz CT molecular complexity index is 819. The lowest BCUT2D eigenvalue weighted by Crippen LogP contribution is -2.42. The zero-order chi connectivity index (χ0) is 17.5. The summed E-state index contributed by atoms with van der Waals surface area (Å²) in [6.45, 7) is 1.08. The van der Waals surface area contributed by atoms with Crippen LogP contribution in [0.25, 0.3) is 21.6 Å². The third-order valence-corrected chi connectivity index (χ3v) is 4.05. The monoisotopic (exact) mass is 336 g/mol. The summed E-state index contributed by atoms with van der Waals surface area (Å²) in [5, 5.41) is 23.4. The minimum atomic E-state index is -1.39. The number of hydrogen-bond acceptors (Lipinski definition) is 9. The minimum absolute atomic E-state index is 0.0381. The number of aliphatic hydroxyl groups is 2. The molecule has 1 fully saturated rings. The van der Waals surface area contributed by atoms with Gasteiger partial charge in [0.1, 0.15) is 11.6 Å². The fourth-order valence-corrected chi connectivity index (χ4v) is 2.82. The summed E-state index contributed by atoms with van der Waals surface area (Å²) < 4.78 is 12.3. The van der Waals surface area contributed by atoms with Gasteiger partial charge in [-0.25, -0.2) is 4.98 Å². The Hall–Kier alpha value is -2.66. The number of nitrogens with zero attached hydrogens (tertiary/aromatic N) is 7. The van der Waals surface area contributed by atoms with Gasteiger partial charge < -0.3 is 25.4 Å². The van der Waals surface area contributed by atoms with Gasteiger partial charge in [-0.1, -0.05) is 5.11 Å². The maximum absolute atomic E-state index is 10.4. The predicted octanol–water partition coefficient (Wildman–Crippen LogP) is -0.263. The molecule has 3 heterocycles. The van der Waals surface area contributed by atoms with Crippen LogP contribution in [0, 0.1) is 0 Å². The van der Waals surface area contributed by atoms with Crippen molar-refractivity contribution in [3.8, 4) is 5.88 Å². The number of aromatic nitrogens is 4. The lowest BCUT2D eigenvalue weighted by atomic mass is 9.93. The van der Waals surface area contributed by atoms with Crippen LogP contribution in [0.2, 0.25) is 0 Å². The van der Waals surface area contributed by atoms with Gasteiger partial charge in [0, 0.05) is 4.91 Å². The molecule has 2 aromatic rings. The van der Waals surface area contributed by atoms with Gasteiger partial charge in [-0.3, -0.25) is 4.57 Å². The first-order valence-corrected chi connectivity index (χ1v) is 7.01. The maximum Gasteiger partial charge on any atom is 0.246 e. The van der Waals surface area contributed by atoms with Gasteiger partial charge in [0.25, 0.3) is 0 Å². The van der Waals surface area contributed by atoms with E-state index in [-0.39, 0.29) is 17.5 Å². The number of ether oxygens (including phenoxy) is 2. The summed E-state index contributed by atoms with van der Waals surface area (Å²) in [4.78, 5) is 15.0. The van der Waals surface area contributed by atoms with E-state index in [0.29, 0.717) is 5.52 Å².